The minimum Gasteiger partial charge on any atom is -0.388 e. The molecule has 3 nitrogen and oxygen atoms in total. The lowest BCUT2D eigenvalue weighted by Gasteiger charge is -2.45. The van der Waals surface area contributed by atoms with E-state index in [9.17, 15) is 5.11 Å². The fourth-order valence-electron chi connectivity index (χ4n) is 1.99. The van der Waals surface area contributed by atoms with Gasteiger partial charge in [0.1, 0.15) is 0 Å². The maximum atomic E-state index is 9.47. The van der Waals surface area contributed by atoms with Crippen LogP contribution in [0.3, 0.4) is 0 Å². The molecule has 0 amide bonds. The molecule has 0 bridgehead atoms. The van der Waals surface area contributed by atoms with Crippen LogP contribution in [0.1, 0.15) is 13.3 Å². The molecule has 0 aromatic rings. The Morgan fingerprint density at radius 1 is 1.50 bits per heavy atom. The van der Waals surface area contributed by atoms with Crippen molar-refractivity contribution in [1.29, 1.82) is 0 Å². The Hall–Kier alpha value is -0.120. The average molecular weight is 170 g/mol. The van der Waals surface area contributed by atoms with Crippen LogP contribution in [0.25, 0.3) is 0 Å². The average Bonchev–Trinajstić information content (AvgIpc) is 1.79. The molecule has 0 unspecified atom stereocenters. The highest BCUT2D eigenvalue weighted by molar-refractivity contribution is 4.91. The number of hydrogen-bond donors (Lipinski definition) is 2. The summed E-state index contributed by atoms with van der Waals surface area (Å²) >= 11 is 0. The van der Waals surface area contributed by atoms with Crippen LogP contribution in [0.2, 0.25) is 0 Å². The van der Waals surface area contributed by atoms with E-state index in [0.717, 1.165) is 19.0 Å². The molecule has 0 radical (unpaired) electrons. The van der Waals surface area contributed by atoms with E-state index in [1.807, 2.05) is 6.92 Å². The van der Waals surface area contributed by atoms with Gasteiger partial charge in [0.05, 0.1) is 5.60 Å². The molecule has 0 atom stereocenters. The lowest BCUT2D eigenvalue weighted by Crippen LogP contribution is -2.60. The zero-order chi connectivity index (χ0) is 8.60. The van der Waals surface area contributed by atoms with Crippen molar-refractivity contribution in [2.75, 3.05) is 32.7 Å². The van der Waals surface area contributed by atoms with E-state index in [-0.39, 0.29) is 0 Å². The van der Waals surface area contributed by atoms with Crippen LogP contribution in [-0.2, 0) is 0 Å². The Morgan fingerprint density at radius 3 is 2.58 bits per heavy atom. The van der Waals surface area contributed by atoms with Crippen molar-refractivity contribution < 1.29 is 5.11 Å². The molecule has 0 saturated carbocycles. The maximum absolute atomic E-state index is 9.47. The fraction of sp³-hybridized carbons (Fsp3) is 1.00. The third-order valence-corrected chi connectivity index (χ3v) is 2.85. The van der Waals surface area contributed by atoms with Gasteiger partial charge in [-0.2, -0.15) is 0 Å². The lowest BCUT2D eigenvalue weighted by atomic mass is 9.94. The second-order valence-corrected chi connectivity index (χ2v) is 4.52. The van der Waals surface area contributed by atoms with Gasteiger partial charge in [0, 0.05) is 13.1 Å². The highest BCUT2D eigenvalue weighted by Crippen LogP contribution is 2.21. The van der Waals surface area contributed by atoms with Crippen LogP contribution < -0.4 is 5.32 Å². The van der Waals surface area contributed by atoms with Gasteiger partial charge in [-0.05, 0) is 38.9 Å². The van der Waals surface area contributed by atoms with Crippen LogP contribution in [0.15, 0.2) is 0 Å². The molecule has 2 N–H and O–H groups in total. The van der Waals surface area contributed by atoms with Gasteiger partial charge >= 0.3 is 0 Å². The van der Waals surface area contributed by atoms with E-state index in [1.54, 1.807) is 0 Å². The molecule has 0 aliphatic carbocycles. The Bertz CT molecular complexity index is 158. The van der Waals surface area contributed by atoms with E-state index in [2.05, 4.69) is 10.2 Å². The third kappa shape index (κ3) is 1.79. The first kappa shape index (κ1) is 8.48. The molecule has 12 heavy (non-hydrogen) atoms. The van der Waals surface area contributed by atoms with Crippen LogP contribution in [0.5, 0.6) is 0 Å². The molecule has 3 heteroatoms. The van der Waals surface area contributed by atoms with Crippen molar-refractivity contribution in [2.45, 2.75) is 18.9 Å². The molecule has 2 aliphatic rings. The minimum atomic E-state index is -0.391. The van der Waals surface area contributed by atoms with E-state index < -0.39 is 5.60 Å². The van der Waals surface area contributed by atoms with Crippen LogP contribution >= 0.6 is 0 Å². The highest BCUT2D eigenvalue weighted by Gasteiger charge is 2.36. The Kier molecular flexibility index (Phi) is 2.10. The lowest BCUT2D eigenvalue weighted by molar-refractivity contribution is -0.0850. The van der Waals surface area contributed by atoms with Crippen molar-refractivity contribution in [2.24, 2.45) is 5.92 Å². The SMILES string of the molecule is CC1(O)CN(CCC2CNC2)C1. The van der Waals surface area contributed by atoms with Crippen molar-refractivity contribution in [3.05, 3.63) is 0 Å². The first-order valence-corrected chi connectivity index (χ1v) is 4.81. The second-order valence-electron chi connectivity index (χ2n) is 4.52. The van der Waals surface area contributed by atoms with Crippen LogP contribution in [0, 0.1) is 5.92 Å². The molecule has 2 aliphatic heterocycles. The predicted molar refractivity (Wildman–Crippen MR) is 48.0 cm³/mol. The van der Waals surface area contributed by atoms with E-state index in [4.69, 9.17) is 0 Å². The van der Waals surface area contributed by atoms with Crippen molar-refractivity contribution in [3.8, 4) is 0 Å². The summed E-state index contributed by atoms with van der Waals surface area (Å²) in [5.74, 6) is 0.899. The van der Waals surface area contributed by atoms with Gasteiger partial charge < -0.3 is 10.4 Å². The van der Waals surface area contributed by atoms with Gasteiger partial charge in [0.25, 0.3) is 0 Å². The number of aliphatic hydroxyl groups is 1. The fourth-order valence-corrected chi connectivity index (χ4v) is 1.99. The molecule has 2 saturated heterocycles. The molecule has 2 heterocycles. The first-order valence-electron chi connectivity index (χ1n) is 4.81. The first-order chi connectivity index (χ1) is 5.66. The monoisotopic (exact) mass is 170 g/mol. The summed E-state index contributed by atoms with van der Waals surface area (Å²) in [4.78, 5) is 2.33. The van der Waals surface area contributed by atoms with Crippen LogP contribution in [-0.4, -0.2) is 48.3 Å². The van der Waals surface area contributed by atoms with Gasteiger partial charge in [-0.15, -0.1) is 0 Å². The largest absolute Gasteiger partial charge is 0.388 e. The molecule has 0 aromatic heterocycles. The number of rotatable bonds is 3. The molecule has 70 valence electrons. The number of likely N-dealkylation sites (tertiary alicyclic amines) is 1. The van der Waals surface area contributed by atoms with Crippen molar-refractivity contribution >= 4 is 0 Å². The second kappa shape index (κ2) is 2.98. The minimum absolute atomic E-state index is 0.391. The number of nitrogens with zero attached hydrogens (tertiary/aromatic N) is 1. The summed E-state index contributed by atoms with van der Waals surface area (Å²) in [5, 5.41) is 12.7. The smallest absolute Gasteiger partial charge is 0.0872 e. The summed E-state index contributed by atoms with van der Waals surface area (Å²) < 4.78 is 0. The highest BCUT2D eigenvalue weighted by atomic mass is 16.3. The number of β-amino-alcohol motifs (C(OH)–C–C–N with tert-alkyl or cyclic N) is 1. The summed E-state index contributed by atoms with van der Waals surface area (Å²) in [6.07, 6.45) is 1.29. The molecular formula is C9H18N2O. The predicted octanol–water partition coefficient (Wildman–Crippen LogP) is -0.337. The van der Waals surface area contributed by atoms with Gasteiger partial charge in [0.15, 0.2) is 0 Å². The maximum Gasteiger partial charge on any atom is 0.0872 e. The van der Waals surface area contributed by atoms with Crippen molar-refractivity contribution in [1.82, 2.24) is 10.2 Å². The van der Waals surface area contributed by atoms with Gasteiger partial charge in [-0.25, -0.2) is 0 Å². The number of hydrogen-bond acceptors (Lipinski definition) is 3. The normalized spacial score (nSPS) is 29.5. The summed E-state index contributed by atoms with van der Waals surface area (Å²) in [6.45, 7) is 7.21. The zero-order valence-corrected chi connectivity index (χ0v) is 7.71. The van der Waals surface area contributed by atoms with E-state index in [0.29, 0.717) is 0 Å². The Balaban J connectivity index is 1.57. The van der Waals surface area contributed by atoms with Gasteiger partial charge in [-0.1, -0.05) is 0 Å². The third-order valence-electron chi connectivity index (χ3n) is 2.85. The Morgan fingerprint density at radius 2 is 2.17 bits per heavy atom. The molecular weight excluding hydrogens is 152 g/mol. The van der Waals surface area contributed by atoms with Crippen molar-refractivity contribution in [3.63, 3.8) is 0 Å². The zero-order valence-electron chi connectivity index (χ0n) is 7.71. The molecule has 2 rings (SSSR count). The molecule has 0 spiro atoms. The topological polar surface area (TPSA) is 35.5 Å². The quantitative estimate of drug-likeness (QED) is 0.608. The Labute approximate surface area is 73.8 Å². The summed E-state index contributed by atoms with van der Waals surface area (Å²) in [5.41, 5.74) is -0.391. The molecule has 2 fully saturated rings. The van der Waals surface area contributed by atoms with E-state index >= 15 is 0 Å². The van der Waals surface area contributed by atoms with E-state index in [1.165, 1.54) is 26.1 Å². The standard InChI is InChI=1S/C9H18N2O/c1-9(12)6-11(7-9)3-2-8-4-10-5-8/h8,10,12H,2-7H2,1H3. The van der Waals surface area contributed by atoms with Crippen LogP contribution in [0.4, 0.5) is 0 Å². The number of nitrogens with one attached hydrogen (secondary N) is 1. The van der Waals surface area contributed by atoms with Gasteiger partial charge in [0.2, 0.25) is 0 Å². The van der Waals surface area contributed by atoms with Gasteiger partial charge in [-0.3, -0.25) is 4.90 Å². The molecule has 0 aromatic carbocycles. The summed E-state index contributed by atoms with van der Waals surface area (Å²) in [7, 11) is 0. The summed E-state index contributed by atoms with van der Waals surface area (Å²) in [6, 6.07) is 0.